The lowest BCUT2D eigenvalue weighted by Crippen LogP contribution is -2.12. The molecule has 0 bridgehead atoms. The summed E-state index contributed by atoms with van der Waals surface area (Å²) in [7, 11) is 0. The predicted octanol–water partition coefficient (Wildman–Crippen LogP) is 5.52. The number of rotatable bonds is 5. The molecule has 0 amide bonds. The normalized spacial score (nSPS) is 11.3. The van der Waals surface area contributed by atoms with E-state index < -0.39 is 0 Å². The van der Waals surface area contributed by atoms with Crippen molar-refractivity contribution in [3.63, 3.8) is 0 Å². The van der Waals surface area contributed by atoms with Crippen molar-refractivity contribution in [1.82, 2.24) is 0 Å². The SMILES string of the molecule is C=CCc1ccc(O)c(-c2cc(CC=C)c(O)c(C(C)(C)C)c2)c1. The summed E-state index contributed by atoms with van der Waals surface area (Å²) in [6.07, 6.45) is 4.95. The second-order valence-corrected chi connectivity index (χ2v) is 7.12. The fourth-order valence-electron chi connectivity index (χ4n) is 2.84. The Kier molecular flexibility index (Phi) is 5.18. The lowest BCUT2D eigenvalue weighted by molar-refractivity contribution is 0.441. The largest absolute Gasteiger partial charge is 0.507 e. The Hall–Kier alpha value is -2.48. The minimum Gasteiger partial charge on any atom is -0.507 e. The van der Waals surface area contributed by atoms with Crippen LogP contribution in [0.4, 0.5) is 0 Å². The third kappa shape index (κ3) is 3.70. The van der Waals surface area contributed by atoms with Gasteiger partial charge < -0.3 is 10.2 Å². The van der Waals surface area contributed by atoms with E-state index in [1.54, 1.807) is 12.1 Å². The third-order valence-corrected chi connectivity index (χ3v) is 4.11. The van der Waals surface area contributed by atoms with E-state index in [9.17, 15) is 10.2 Å². The third-order valence-electron chi connectivity index (χ3n) is 4.11. The molecule has 2 aromatic carbocycles. The Morgan fingerprint density at radius 2 is 1.62 bits per heavy atom. The van der Waals surface area contributed by atoms with Gasteiger partial charge >= 0.3 is 0 Å². The van der Waals surface area contributed by atoms with Gasteiger partial charge in [-0.15, -0.1) is 13.2 Å². The first-order valence-corrected chi connectivity index (χ1v) is 8.18. The molecule has 0 unspecified atom stereocenters. The van der Waals surface area contributed by atoms with E-state index >= 15 is 0 Å². The molecule has 0 saturated carbocycles. The molecule has 0 saturated heterocycles. The average molecular weight is 322 g/mol. The van der Waals surface area contributed by atoms with Gasteiger partial charge in [0.2, 0.25) is 0 Å². The maximum absolute atomic E-state index is 10.6. The van der Waals surface area contributed by atoms with Gasteiger partial charge in [-0.3, -0.25) is 0 Å². The topological polar surface area (TPSA) is 40.5 Å². The van der Waals surface area contributed by atoms with Gasteiger partial charge in [-0.1, -0.05) is 39.0 Å². The summed E-state index contributed by atoms with van der Waals surface area (Å²) in [5.74, 6) is 0.547. The lowest BCUT2D eigenvalue weighted by Gasteiger charge is -2.23. The van der Waals surface area contributed by atoms with Crippen molar-refractivity contribution >= 4 is 0 Å². The van der Waals surface area contributed by atoms with Crippen LogP contribution in [-0.2, 0) is 18.3 Å². The monoisotopic (exact) mass is 322 g/mol. The van der Waals surface area contributed by atoms with E-state index in [1.807, 2.05) is 30.3 Å². The van der Waals surface area contributed by atoms with Gasteiger partial charge in [-0.25, -0.2) is 0 Å². The van der Waals surface area contributed by atoms with Crippen LogP contribution in [0.25, 0.3) is 11.1 Å². The second kappa shape index (κ2) is 6.96. The standard InChI is InChI=1S/C22H26O2/c1-6-8-15-10-11-20(23)18(12-15)17-13-16(9-7-2)21(24)19(14-17)22(3,4)5/h6-7,10-14,23-24H,1-2,8-9H2,3-5H3. The van der Waals surface area contributed by atoms with E-state index in [-0.39, 0.29) is 11.2 Å². The Morgan fingerprint density at radius 3 is 2.21 bits per heavy atom. The molecule has 0 atom stereocenters. The van der Waals surface area contributed by atoms with Crippen molar-refractivity contribution in [2.45, 2.75) is 39.0 Å². The second-order valence-electron chi connectivity index (χ2n) is 7.12. The highest BCUT2D eigenvalue weighted by atomic mass is 16.3. The van der Waals surface area contributed by atoms with Crippen LogP contribution in [0.2, 0.25) is 0 Å². The highest BCUT2D eigenvalue weighted by molar-refractivity contribution is 5.74. The quantitative estimate of drug-likeness (QED) is 0.712. The molecule has 2 N–H and O–H groups in total. The fraction of sp³-hybridized carbons (Fsp3) is 0.273. The summed E-state index contributed by atoms with van der Waals surface area (Å²) in [6.45, 7) is 13.7. The summed E-state index contributed by atoms with van der Waals surface area (Å²) >= 11 is 0. The molecule has 2 nitrogen and oxygen atoms in total. The highest BCUT2D eigenvalue weighted by Crippen LogP contribution is 2.40. The van der Waals surface area contributed by atoms with Gasteiger partial charge in [-0.2, -0.15) is 0 Å². The zero-order valence-electron chi connectivity index (χ0n) is 14.8. The van der Waals surface area contributed by atoms with Crippen LogP contribution in [0, 0.1) is 0 Å². The van der Waals surface area contributed by atoms with Gasteiger partial charge in [0.1, 0.15) is 11.5 Å². The summed E-state index contributed by atoms with van der Waals surface area (Å²) in [4.78, 5) is 0. The first-order valence-electron chi connectivity index (χ1n) is 8.18. The van der Waals surface area contributed by atoms with Crippen LogP contribution < -0.4 is 0 Å². The van der Waals surface area contributed by atoms with Gasteiger partial charge in [0, 0.05) is 11.1 Å². The van der Waals surface area contributed by atoms with Crippen LogP contribution in [0.5, 0.6) is 11.5 Å². The lowest BCUT2D eigenvalue weighted by atomic mass is 9.82. The van der Waals surface area contributed by atoms with Gasteiger partial charge in [0.05, 0.1) is 0 Å². The predicted molar refractivity (Wildman–Crippen MR) is 102 cm³/mol. The zero-order chi connectivity index (χ0) is 17.9. The van der Waals surface area contributed by atoms with Crippen molar-refractivity contribution in [2.24, 2.45) is 0 Å². The molecule has 2 rings (SSSR count). The number of aromatic hydroxyl groups is 2. The van der Waals surface area contributed by atoms with E-state index in [0.29, 0.717) is 12.2 Å². The van der Waals surface area contributed by atoms with Crippen molar-refractivity contribution in [3.05, 3.63) is 72.3 Å². The molecule has 126 valence electrons. The zero-order valence-corrected chi connectivity index (χ0v) is 14.8. The van der Waals surface area contributed by atoms with Crippen LogP contribution in [-0.4, -0.2) is 10.2 Å². The van der Waals surface area contributed by atoms with Crippen LogP contribution in [0.1, 0.15) is 37.5 Å². The summed E-state index contributed by atoms with van der Waals surface area (Å²) in [6, 6.07) is 9.49. The van der Waals surface area contributed by atoms with Crippen LogP contribution in [0.15, 0.2) is 55.6 Å². The van der Waals surface area contributed by atoms with E-state index in [2.05, 4.69) is 33.9 Å². The highest BCUT2D eigenvalue weighted by Gasteiger charge is 2.22. The summed E-state index contributed by atoms with van der Waals surface area (Å²) in [5.41, 5.74) is 4.24. The number of benzene rings is 2. The number of phenols is 2. The first kappa shape index (κ1) is 17.9. The van der Waals surface area contributed by atoms with Crippen molar-refractivity contribution < 1.29 is 10.2 Å². The maximum Gasteiger partial charge on any atom is 0.123 e. The Morgan fingerprint density at radius 1 is 0.958 bits per heavy atom. The van der Waals surface area contributed by atoms with Crippen LogP contribution >= 0.6 is 0 Å². The maximum atomic E-state index is 10.6. The van der Waals surface area contributed by atoms with Gasteiger partial charge in [-0.05, 0) is 59.2 Å². The molecule has 0 spiro atoms. The number of allylic oxidation sites excluding steroid dienone is 2. The molecule has 0 aliphatic heterocycles. The van der Waals surface area contributed by atoms with E-state index in [4.69, 9.17) is 0 Å². The molecule has 0 aromatic heterocycles. The van der Waals surface area contributed by atoms with Gasteiger partial charge in [0.15, 0.2) is 0 Å². The van der Waals surface area contributed by atoms with E-state index in [0.717, 1.165) is 34.2 Å². The Bertz CT molecular complexity index is 764. The van der Waals surface area contributed by atoms with Gasteiger partial charge in [0.25, 0.3) is 0 Å². The number of phenolic OH excluding ortho intramolecular Hbond substituents is 2. The molecular weight excluding hydrogens is 296 g/mol. The Balaban J connectivity index is 2.70. The number of hydrogen-bond acceptors (Lipinski definition) is 2. The molecule has 24 heavy (non-hydrogen) atoms. The number of hydrogen-bond donors (Lipinski definition) is 2. The van der Waals surface area contributed by atoms with Crippen LogP contribution in [0.3, 0.4) is 0 Å². The molecule has 0 radical (unpaired) electrons. The molecule has 0 aliphatic carbocycles. The summed E-state index contributed by atoms with van der Waals surface area (Å²) in [5, 5.41) is 20.9. The minimum absolute atomic E-state index is 0.204. The average Bonchev–Trinajstić information content (AvgIpc) is 2.50. The first-order chi connectivity index (χ1) is 11.3. The summed E-state index contributed by atoms with van der Waals surface area (Å²) < 4.78 is 0. The molecule has 2 aromatic rings. The molecule has 0 aliphatic rings. The minimum atomic E-state index is -0.204. The molecule has 0 fully saturated rings. The van der Waals surface area contributed by atoms with Crippen molar-refractivity contribution in [3.8, 4) is 22.6 Å². The molecule has 2 heteroatoms. The molecular formula is C22H26O2. The fourth-order valence-corrected chi connectivity index (χ4v) is 2.84. The van der Waals surface area contributed by atoms with E-state index in [1.165, 1.54) is 0 Å². The Labute approximate surface area is 144 Å². The molecule has 0 heterocycles. The van der Waals surface area contributed by atoms with Crippen molar-refractivity contribution in [1.29, 1.82) is 0 Å². The smallest absolute Gasteiger partial charge is 0.123 e. The van der Waals surface area contributed by atoms with Crippen molar-refractivity contribution in [2.75, 3.05) is 0 Å².